The van der Waals surface area contributed by atoms with Crippen molar-refractivity contribution in [2.45, 2.75) is 46.0 Å². The third kappa shape index (κ3) is 7.10. The zero-order valence-corrected chi connectivity index (χ0v) is 24.5. The number of hydrogen-bond donors (Lipinski definition) is 1. The van der Waals surface area contributed by atoms with Crippen molar-refractivity contribution in [1.29, 1.82) is 0 Å². The zero-order chi connectivity index (χ0) is 29.3. The molecule has 0 atom stereocenters. The zero-order valence-electron chi connectivity index (χ0n) is 24.5. The van der Waals surface area contributed by atoms with Crippen LogP contribution < -0.4 is 0 Å². The van der Waals surface area contributed by atoms with Gasteiger partial charge in [0.25, 0.3) is 0 Å². The molecular weight excluding hydrogens is 516 g/mol. The number of rotatable bonds is 10. The lowest BCUT2D eigenvalue weighted by molar-refractivity contribution is -0.115. The highest BCUT2D eigenvalue weighted by Gasteiger charge is 2.15. The molecule has 2 aromatic rings. The van der Waals surface area contributed by atoms with Crippen molar-refractivity contribution in [3.8, 4) is 11.4 Å². The predicted molar refractivity (Wildman–Crippen MR) is 173 cm³/mol. The van der Waals surface area contributed by atoms with Crippen molar-refractivity contribution in [3.63, 3.8) is 0 Å². The first-order valence-electron chi connectivity index (χ1n) is 14.7. The van der Waals surface area contributed by atoms with Gasteiger partial charge in [0.2, 0.25) is 0 Å². The van der Waals surface area contributed by atoms with E-state index in [1.165, 1.54) is 11.1 Å². The first-order valence-corrected chi connectivity index (χ1v) is 14.7. The van der Waals surface area contributed by atoms with Crippen LogP contribution in [-0.4, -0.2) is 32.4 Å². The number of aromatic amines is 1. The van der Waals surface area contributed by atoms with Crippen molar-refractivity contribution >= 4 is 11.4 Å². The quantitative estimate of drug-likeness (QED) is 0.299. The molecule has 3 heterocycles. The number of nitrogens with one attached hydrogen (secondary N) is 1. The fraction of sp³-hybridized carbons (Fsp3) is 0.216. The van der Waals surface area contributed by atoms with E-state index in [2.05, 4.69) is 107 Å². The Morgan fingerprint density at radius 3 is 2.67 bits per heavy atom. The number of carbonyl (C=O) groups is 1. The van der Waals surface area contributed by atoms with Gasteiger partial charge in [-0.3, -0.25) is 14.9 Å². The Morgan fingerprint density at radius 2 is 1.81 bits per heavy atom. The molecule has 3 aliphatic rings. The van der Waals surface area contributed by atoms with Gasteiger partial charge in [-0.05, 0) is 83.9 Å². The SMILES string of the molecule is C=C(CCN1C=CC=CC(C2=CCC=C3\C=C/C(c4cn[nH]c4-c4cccc(C)n4)=C/C=C/C3=C2)=C1)C(=O)CCCC. The van der Waals surface area contributed by atoms with Gasteiger partial charge in [0.1, 0.15) is 0 Å². The number of unbranched alkanes of at least 4 members (excludes halogenated alkanes) is 1. The summed E-state index contributed by atoms with van der Waals surface area (Å²) in [4.78, 5) is 19.2. The lowest BCUT2D eigenvalue weighted by atomic mass is 9.96. The molecule has 0 amide bonds. The molecule has 0 radical (unpaired) electrons. The van der Waals surface area contributed by atoms with E-state index in [0.717, 1.165) is 65.2 Å². The van der Waals surface area contributed by atoms with Crippen LogP contribution in [-0.2, 0) is 4.79 Å². The van der Waals surface area contributed by atoms with Gasteiger partial charge in [-0.25, -0.2) is 0 Å². The van der Waals surface area contributed by atoms with E-state index in [-0.39, 0.29) is 5.78 Å². The molecule has 1 aliphatic heterocycles. The third-order valence-corrected chi connectivity index (χ3v) is 7.53. The van der Waals surface area contributed by atoms with Gasteiger partial charge in [-0.15, -0.1) is 0 Å². The summed E-state index contributed by atoms with van der Waals surface area (Å²) in [6.07, 6.45) is 33.9. The summed E-state index contributed by atoms with van der Waals surface area (Å²) in [5, 5.41) is 7.47. The molecule has 0 unspecified atom stereocenters. The predicted octanol–water partition coefficient (Wildman–Crippen LogP) is 8.45. The van der Waals surface area contributed by atoms with E-state index in [4.69, 9.17) is 0 Å². The normalized spacial score (nSPS) is 19.0. The molecule has 2 aromatic heterocycles. The van der Waals surface area contributed by atoms with E-state index in [0.29, 0.717) is 18.4 Å². The van der Waals surface area contributed by atoms with Gasteiger partial charge in [-0.1, -0.05) is 80.7 Å². The molecule has 42 heavy (non-hydrogen) atoms. The average molecular weight is 555 g/mol. The van der Waals surface area contributed by atoms with Gasteiger partial charge in [-0.2, -0.15) is 5.10 Å². The number of Topliss-reactive ketones (excluding diaryl/α,β-unsaturated/α-hetero) is 1. The smallest absolute Gasteiger partial charge is 0.158 e. The Balaban J connectivity index is 1.34. The van der Waals surface area contributed by atoms with E-state index in [9.17, 15) is 4.79 Å². The third-order valence-electron chi connectivity index (χ3n) is 7.53. The summed E-state index contributed by atoms with van der Waals surface area (Å²) in [5.74, 6) is 0.185. The van der Waals surface area contributed by atoms with E-state index < -0.39 is 0 Å². The molecule has 0 saturated heterocycles. The lowest BCUT2D eigenvalue weighted by Crippen LogP contribution is -2.15. The minimum atomic E-state index is 0.185. The summed E-state index contributed by atoms with van der Waals surface area (Å²) in [6.45, 7) is 8.87. The Kier molecular flexibility index (Phi) is 9.40. The number of ketones is 1. The largest absolute Gasteiger partial charge is 0.353 e. The second-order valence-electron chi connectivity index (χ2n) is 10.7. The van der Waals surface area contributed by atoms with Gasteiger partial charge < -0.3 is 4.90 Å². The van der Waals surface area contributed by atoms with Gasteiger partial charge in [0, 0.05) is 36.6 Å². The highest BCUT2D eigenvalue weighted by atomic mass is 16.1. The molecular formula is C37H38N4O. The van der Waals surface area contributed by atoms with Gasteiger partial charge in [0.05, 0.1) is 17.6 Å². The Bertz CT molecular complexity index is 1630. The van der Waals surface area contributed by atoms with Crippen LogP contribution in [0.25, 0.3) is 17.0 Å². The minimum Gasteiger partial charge on any atom is -0.353 e. The number of carbonyl (C=O) groups excluding carboxylic acids is 1. The maximum absolute atomic E-state index is 12.3. The molecule has 0 aromatic carbocycles. The first kappa shape index (κ1) is 28.7. The lowest BCUT2D eigenvalue weighted by Gasteiger charge is -2.17. The highest BCUT2D eigenvalue weighted by molar-refractivity contribution is 5.94. The van der Waals surface area contributed by atoms with Crippen LogP contribution in [0.2, 0.25) is 0 Å². The molecule has 5 heteroatoms. The number of hydrogen-bond acceptors (Lipinski definition) is 4. The molecule has 1 N–H and O–H groups in total. The summed E-state index contributed by atoms with van der Waals surface area (Å²) in [6, 6.07) is 6.02. The van der Waals surface area contributed by atoms with Crippen LogP contribution in [0.5, 0.6) is 0 Å². The Labute approximate surface area is 249 Å². The molecule has 0 fully saturated rings. The number of pyridine rings is 1. The van der Waals surface area contributed by atoms with Crippen molar-refractivity contribution in [2.75, 3.05) is 6.54 Å². The fourth-order valence-corrected chi connectivity index (χ4v) is 5.11. The summed E-state index contributed by atoms with van der Waals surface area (Å²) in [5.41, 5.74) is 10.2. The maximum atomic E-state index is 12.3. The maximum Gasteiger partial charge on any atom is 0.158 e. The first-order chi connectivity index (χ1) is 20.5. The second-order valence-corrected chi connectivity index (χ2v) is 10.7. The van der Waals surface area contributed by atoms with Crippen LogP contribution >= 0.6 is 0 Å². The van der Waals surface area contributed by atoms with Crippen molar-refractivity contribution < 1.29 is 4.79 Å². The highest BCUT2D eigenvalue weighted by Crippen LogP contribution is 2.31. The van der Waals surface area contributed by atoms with E-state index >= 15 is 0 Å². The molecule has 2 aliphatic carbocycles. The van der Waals surface area contributed by atoms with Crippen LogP contribution in [0.3, 0.4) is 0 Å². The number of fused-ring (bicyclic) bond motifs is 1. The number of nitrogens with zero attached hydrogens (tertiary/aromatic N) is 3. The molecule has 0 saturated carbocycles. The Hall–Kier alpha value is -4.77. The van der Waals surface area contributed by atoms with Gasteiger partial charge in [0.15, 0.2) is 5.78 Å². The van der Waals surface area contributed by atoms with Crippen molar-refractivity contribution in [3.05, 3.63) is 149 Å². The topological polar surface area (TPSA) is 61.9 Å². The summed E-state index contributed by atoms with van der Waals surface area (Å²) in [7, 11) is 0. The summed E-state index contributed by atoms with van der Waals surface area (Å²) < 4.78 is 0. The van der Waals surface area contributed by atoms with Crippen LogP contribution in [0.4, 0.5) is 0 Å². The summed E-state index contributed by atoms with van der Waals surface area (Å²) >= 11 is 0. The standard InChI is InChI=1S/C37H38N4O/c1-4-5-18-36(42)27(2)21-23-41-22-7-6-12-33(26-41)32-16-9-13-29-19-20-30(14-10-15-31(29)24-32)34-25-38-40-37(34)35-17-8-11-28(3)39-35/h6-8,10-17,19-20,22,24-26H,2,4-5,9,18,21,23H2,1,3H3,(H,38,40)/b15-10+,20-19-,30-14-. The minimum absolute atomic E-state index is 0.185. The van der Waals surface area contributed by atoms with Crippen LogP contribution in [0, 0.1) is 6.92 Å². The van der Waals surface area contributed by atoms with E-state index in [1.807, 2.05) is 37.4 Å². The van der Waals surface area contributed by atoms with Crippen LogP contribution in [0.1, 0.15) is 50.3 Å². The fourth-order valence-electron chi connectivity index (χ4n) is 5.11. The molecule has 5 nitrogen and oxygen atoms in total. The second kappa shape index (κ2) is 13.7. The monoisotopic (exact) mass is 554 g/mol. The number of allylic oxidation sites excluding steroid dienone is 16. The average Bonchev–Trinajstić information content (AvgIpc) is 3.23. The Morgan fingerprint density at radius 1 is 0.976 bits per heavy atom. The van der Waals surface area contributed by atoms with Crippen molar-refractivity contribution in [1.82, 2.24) is 20.1 Å². The molecule has 0 spiro atoms. The molecule has 212 valence electrons. The number of aryl methyl sites for hydroxylation is 1. The van der Waals surface area contributed by atoms with Gasteiger partial charge >= 0.3 is 0 Å². The molecule has 5 rings (SSSR count). The van der Waals surface area contributed by atoms with Crippen LogP contribution in [0.15, 0.2) is 138 Å². The number of H-pyrrole nitrogens is 1. The molecule has 0 bridgehead atoms. The van der Waals surface area contributed by atoms with E-state index in [1.54, 1.807) is 0 Å². The van der Waals surface area contributed by atoms with Crippen molar-refractivity contribution in [2.24, 2.45) is 0 Å². The number of aromatic nitrogens is 3.